The van der Waals surface area contributed by atoms with Crippen LogP contribution in [-0.4, -0.2) is 23.6 Å². The number of hydrogen-bond acceptors (Lipinski definition) is 5. The molecule has 1 aromatic rings. The van der Waals surface area contributed by atoms with E-state index in [0.717, 1.165) is 0 Å². The third-order valence-corrected chi connectivity index (χ3v) is 1.28. The van der Waals surface area contributed by atoms with Crippen LogP contribution in [0.5, 0.6) is 5.88 Å². The highest BCUT2D eigenvalue weighted by Gasteiger charge is 2.01. The quantitative estimate of drug-likeness (QED) is 0.559. The van der Waals surface area contributed by atoms with Crippen molar-refractivity contribution in [2.75, 3.05) is 19.4 Å². The molecule has 0 bridgehead atoms. The second kappa shape index (κ2) is 4.28. The topological polar surface area (TPSA) is 87.0 Å². The number of methoxy groups -OCH3 is 1. The molecule has 0 atom stereocenters. The Kier molecular flexibility index (Phi) is 3.06. The van der Waals surface area contributed by atoms with Crippen molar-refractivity contribution in [3.63, 3.8) is 0 Å². The summed E-state index contributed by atoms with van der Waals surface area (Å²) < 4.78 is 4.87. The zero-order valence-electron chi connectivity index (χ0n) is 7.24. The molecule has 0 radical (unpaired) electrons. The van der Waals surface area contributed by atoms with E-state index in [4.69, 9.17) is 16.2 Å². The van der Waals surface area contributed by atoms with E-state index in [9.17, 15) is 0 Å². The minimum Gasteiger partial charge on any atom is -0.478 e. The molecule has 0 spiro atoms. The first-order valence-corrected chi connectivity index (χ1v) is 3.63. The molecular weight excluding hydrogens is 168 g/mol. The fraction of sp³-hybridized carbons (Fsp3) is 0.250. The summed E-state index contributed by atoms with van der Waals surface area (Å²) in [7, 11) is 1.47. The van der Waals surface area contributed by atoms with Crippen LogP contribution in [-0.2, 0) is 0 Å². The van der Waals surface area contributed by atoms with Gasteiger partial charge in [-0.1, -0.05) is 5.92 Å². The number of hydrogen-bond donors (Lipinski definition) is 2. The van der Waals surface area contributed by atoms with Gasteiger partial charge < -0.3 is 16.2 Å². The predicted octanol–water partition coefficient (Wildman–Crippen LogP) is -0.622. The molecule has 1 heterocycles. The van der Waals surface area contributed by atoms with Crippen LogP contribution < -0.4 is 16.2 Å². The van der Waals surface area contributed by atoms with Crippen molar-refractivity contribution < 1.29 is 4.74 Å². The standard InChI is InChI=1S/C8H10N4O/c1-13-8-7(10)11-5-6(12-8)3-2-4-9/h5H,4,9H2,1H3,(H2,10,11). The highest BCUT2D eigenvalue weighted by Crippen LogP contribution is 2.13. The zero-order valence-corrected chi connectivity index (χ0v) is 7.24. The summed E-state index contributed by atoms with van der Waals surface area (Å²) >= 11 is 0. The summed E-state index contributed by atoms with van der Waals surface area (Å²) in [5.41, 5.74) is 11.2. The van der Waals surface area contributed by atoms with Crippen molar-refractivity contribution >= 4 is 5.82 Å². The largest absolute Gasteiger partial charge is 0.478 e. The van der Waals surface area contributed by atoms with Gasteiger partial charge in [-0.2, -0.15) is 4.98 Å². The fourth-order valence-electron chi connectivity index (χ4n) is 0.733. The van der Waals surface area contributed by atoms with E-state index in [-0.39, 0.29) is 18.2 Å². The van der Waals surface area contributed by atoms with Crippen LogP contribution in [0.4, 0.5) is 5.82 Å². The molecule has 5 nitrogen and oxygen atoms in total. The average Bonchev–Trinajstić information content (AvgIpc) is 2.16. The minimum atomic E-state index is 0.251. The lowest BCUT2D eigenvalue weighted by molar-refractivity contribution is 0.398. The lowest BCUT2D eigenvalue weighted by atomic mass is 10.4. The van der Waals surface area contributed by atoms with Crippen molar-refractivity contribution in [3.05, 3.63) is 11.9 Å². The maximum Gasteiger partial charge on any atom is 0.258 e. The van der Waals surface area contributed by atoms with E-state index in [0.29, 0.717) is 5.69 Å². The normalized spacial score (nSPS) is 8.77. The number of rotatable bonds is 1. The molecule has 68 valence electrons. The zero-order chi connectivity index (χ0) is 9.68. The molecule has 0 aliphatic rings. The molecule has 0 amide bonds. The van der Waals surface area contributed by atoms with Crippen LogP contribution in [0.3, 0.4) is 0 Å². The highest BCUT2D eigenvalue weighted by molar-refractivity contribution is 5.42. The summed E-state index contributed by atoms with van der Waals surface area (Å²) in [5.74, 6) is 5.91. The molecule has 0 fully saturated rings. The van der Waals surface area contributed by atoms with Crippen molar-refractivity contribution in [1.82, 2.24) is 9.97 Å². The summed E-state index contributed by atoms with van der Waals surface area (Å²) in [6.45, 7) is 0.286. The second-order valence-electron chi connectivity index (χ2n) is 2.16. The third kappa shape index (κ3) is 2.32. The minimum absolute atomic E-state index is 0.251. The lowest BCUT2D eigenvalue weighted by Crippen LogP contribution is -2.00. The Hall–Kier alpha value is -1.80. The predicted molar refractivity (Wildman–Crippen MR) is 48.9 cm³/mol. The number of nitrogens with zero attached hydrogens (tertiary/aromatic N) is 2. The van der Waals surface area contributed by atoms with Crippen LogP contribution in [0.25, 0.3) is 0 Å². The molecule has 0 saturated carbocycles. The first-order chi connectivity index (χ1) is 6.27. The van der Waals surface area contributed by atoms with Gasteiger partial charge in [0.2, 0.25) is 0 Å². The summed E-state index contributed by atoms with van der Waals surface area (Å²) in [6.07, 6.45) is 1.47. The molecule has 1 aromatic heterocycles. The molecule has 5 heteroatoms. The number of aromatic nitrogens is 2. The van der Waals surface area contributed by atoms with Gasteiger partial charge >= 0.3 is 0 Å². The van der Waals surface area contributed by atoms with Gasteiger partial charge in [-0.25, -0.2) is 4.98 Å². The van der Waals surface area contributed by atoms with Crippen molar-refractivity contribution in [1.29, 1.82) is 0 Å². The third-order valence-electron chi connectivity index (χ3n) is 1.28. The summed E-state index contributed by atoms with van der Waals surface area (Å²) in [6, 6.07) is 0. The summed E-state index contributed by atoms with van der Waals surface area (Å²) in [5, 5.41) is 0. The monoisotopic (exact) mass is 178 g/mol. The van der Waals surface area contributed by atoms with Gasteiger partial charge in [-0.3, -0.25) is 0 Å². The van der Waals surface area contributed by atoms with Gasteiger partial charge in [-0.05, 0) is 5.92 Å². The van der Waals surface area contributed by atoms with E-state index in [1.165, 1.54) is 13.3 Å². The molecule has 0 aromatic carbocycles. The van der Waals surface area contributed by atoms with Gasteiger partial charge in [0.1, 0.15) is 5.69 Å². The Morgan fingerprint density at radius 2 is 2.38 bits per heavy atom. The first kappa shape index (κ1) is 9.29. The van der Waals surface area contributed by atoms with Crippen molar-refractivity contribution in [2.24, 2.45) is 5.73 Å². The molecule has 13 heavy (non-hydrogen) atoms. The van der Waals surface area contributed by atoms with Gasteiger partial charge in [0.15, 0.2) is 5.82 Å². The molecule has 0 aliphatic heterocycles. The van der Waals surface area contributed by atoms with E-state index in [1.54, 1.807) is 0 Å². The van der Waals surface area contributed by atoms with Crippen molar-refractivity contribution in [3.8, 4) is 17.7 Å². The number of anilines is 1. The van der Waals surface area contributed by atoms with Gasteiger partial charge in [0.25, 0.3) is 5.88 Å². The van der Waals surface area contributed by atoms with Crippen molar-refractivity contribution in [2.45, 2.75) is 0 Å². The van der Waals surface area contributed by atoms with Gasteiger partial charge in [0, 0.05) is 0 Å². The Morgan fingerprint density at radius 3 is 3.00 bits per heavy atom. The Morgan fingerprint density at radius 1 is 1.62 bits per heavy atom. The molecule has 0 unspecified atom stereocenters. The molecule has 1 rings (SSSR count). The highest BCUT2D eigenvalue weighted by atomic mass is 16.5. The Bertz CT molecular complexity index is 353. The van der Waals surface area contributed by atoms with E-state index >= 15 is 0 Å². The molecule has 0 saturated heterocycles. The maximum absolute atomic E-state index is 5.46. The van der Waals surface area contributed by atoms with E-state index in [2.05, 4.69) is 21.8 Å². The lowest BCUT2D eigenvalue weighted by Gasteiger charge is -2.00. The van der Waals surface area contributed by atoms with Gasteiger partial charge in [0.05, 0.1) is 19.9 Å². The number of nitrogens with two attached hydrogens (primary N) is 2. The van der Waals surface area contributed by atoms with E-state index in [1.807, 2.05) is 0 Å². The van der Waals surface area contributed by atoms with Crippen LogP contribution in [0.15, 0.2) is 6.20 Å². The molecule has 4 N–H and O–H groups in total. The maximum atomic E-state index is 5.46. The first-order valence-electron chi connectivity index (χ1n) is 3.63. The van der Waals surface area contributed by atoms with E-state index < -0.39 is 0 Å². The number of nitrogen functional groups attached to an aromatic ring is 1. The Labute approximate surface area is 76.1 Å². The van der Waals surface area contributed by atoms with Crippen LogP contribution >= 0.6 is 0 Å². The SMILES string of the molecule is COc1nc(C#CCN)cnc1N. The average molecular weight is 178 g/mol. The van der Waals surface area contributed by atoms with Gasteiger partial charge in [-0.15, -0.1) is 0 Å². The Balaban J connectivity index is 2.99. The fourth-order valence-corrected chi connectivity index (χ4v) is 0.733. The van der Waals surface area contributed by atoms with Crippen LogP contribution in [0.1, 0.15) is 5.69 Å². The van der Waals surface area contributed by atoms with Crippen LogP contribution in [0.2, 0.25) is 0 Å². The smallest absolute Gasteiger partial charge is 0.258 e. The number of ether oxygens (including phenoxy) is 1. The second-order valence-corrected chi connectivity index (χ2v) is 2.16. The molecule has 0 aliphatic carbocycles. The summed E-state index contributed by atoms with van der Waals surface area (Å²) in [4.78, 5) is 7.84. The molecular formula is C8H10N4O. The van der Waals surface area contributed by atoms with Crippen LogP contribution in [0, 0.1) is 11.8 Å².